The molecule has 0 unspecified atom stereocenters. The molecule has 0 aromatic heterocycles. The minimum Gasteiger partial charge on any atom is -0.504 e. The van der Waals surface area contributed by atoms with Crippen LogP contribution in [0.5, 0.6) is 23.0 Å². The SMILES string of the molecule is CCCCC=CCCCCCCCCCCCC=Cc1c(O)c(O)cc(O)c1O. The molecular weight excluding hydrogens is 364 g/mol. The van der Waals surface area contributed by atoms with Crippen molar-refractivity contribution in [2.45, 2.75) is 96.8 Å². The van der Waals surface area contributed by atoms with Crippen LogP contribution in [0.1, 0.15) is 102 Å². The average molecular weight is 405 g/mol. The Bertz CT molecular complexity index is 593. The van der Waals surface area contributed by atoms with Crippen LogP contribution in [0.3, 0.4) is 0 Å². The molecular formula is C25H40O4. The van der Waals surface area contributed by atoms with Gasteiger partial charge in [-0.1, -0.05) is 89.0 Å². The number of aromatic hydroxyl groups is 4. The lowest BCUT2D eigenvalue weighted by Gasteiger charge is -2.06. The first-order chi connectivity index (χ1) is 14.1. The molecule has 0 fully saturated rings. The number of allylic oxidation sites excluding steroid dienone is 3. The van der Waals surface area contributed by atoms with Crippen LogP contribution < -0.4 is 0 Å². The number of hydrogen-bond donors (Lipinski definition) is 4. The molecule has 0 heterocycles. The maximum Gasteiger partial charge on any atom is 0.168 e. The van der Waals surface area contributed by atoms with E-state index in [0.717, 1.165) is 25.3 Å². The first-order valence-corrected chi connectivity index (χ1v) is 11.4. The van der Waals surface area contributed by atoms with E-state index in [2.05, 4.69) is 19.1 Å². The van der Waals surface area contributed by atoms with Crippen molar-refractivity contribution in [3.8, 4) is 23.0 Å². The summed E-state index contributed by atoms with van der Waals surface area (Å²) in [6.45, 7) is 2.23. The topological polar surface area (TPSA) is 80.9 Å². The van der Waals surface area contributed by atoms with Gasteiger partial charge < -0.3 is 20.4 Å². The molecule has 0 saturated carbocycles. The summed E-state index contributed by atoms with van der Waals surface area (Å²) >= 11 is 0. The molecule has 1 rings (SSSR count). The Morgan fingerprint density at radius 3 is 1.48 bits per heavy atom. The molecule has 1 aromatic rings. The quantitative estimate of drug-likeness (QED) is 0.0991. The molecule has 0 aliphatic heterocycles. The zero-order chi connectivity index (χ0) is 21.3. The van der Waals surface area contributed by atoms with E-state index in [1.165, 1.54) is 70.6 Å². The summed E-state index contributed by atoms with van der Waals surface area (Å²) in [4.78, 5) is 0. The summed E-state index contributed by atoms with van der Waals surface area (Å²) in [6.07, 6.45) is 25.3. The van der Waals surface area contributed by atoms with E-state index in [9.17, 15) is 20.4 Å². The Morgan fingerprint density at radius 1 is 0.586 bits per heavy atom. The minimum absolute atomic E-state index is 0.0546. The van der Waals surface area contributed by atoms with Crippen molar-refractivity contribution in [1.82, 2.24) is 0 Å². The predicted octanol–water partition coefficient (Wildman–Crippen LogP) is 7.56. The standard InChI is InChI=1S/C25H40O4/c1-2-3-4-5-6-7-8-9-10-11-12-13-14-15-16-17-18-19-21-24(28)22(26)20-23(27)25(21)29/h5-6,18-20,26-29H,2-4,7-17H2,1H3. The smallest absolute Gasteiger partial charge is 0.168 e. The molecule has 0 radical (unpaired) electrons. The van der Waals surface area contributed by atoms with Gasteiger partial charge in [0.1, 0.15) is 0 Å². The summed E-state index contributed by atoms with van der Waals surface area (Å²) in [6, 6.07) is 0.924. The predicted molar refractivity (Wildman–Crippen MR) is 122 cm³/mol. The third-order valence-electron chi connectivity index (χ3n) is 5.19. The van der Waals surface area contributed by atoms with E-state index in [4.69, 9.17) is 0 Å². The highest BCUT2D eigenvalue weighted by Crippen LogP contribution is 2.42. The molecule has 4 N–H and O–H groups in total. The van der Waals surface area contributed by atoms with Crippen LogP contribution in [0.15, 0.2) is 24.3 Å². The van der Waals surface area contributed by atoms with Crippen molar-refractivity contribution < 1.29 is 20.4 Å². The van der Waals surface area contributed by atoms with E-state index >= 15 is 0 Å². The van der Waals surface area contributed by atoms with Crippen LogP contribution >= 0.6 is 0 Å². The van der Waals surface area contributed by atoms with Crippen molar-refractivity contribution in [1.29, 1.82) is 0 Å². The van der Waals surface area contributed by atoms with Gasteiger partial charge in [-0.15, -0.1) is 0 Å². The highest BCUT2D eigenvalue weighted by molar-refractivity contribution is 5.71. The second-order valence-corrected chi connectivity index (χ2v) is 7.80. The Morgan fingerprint density at radius 2 is 1.00 bits per heavy atom. The third-order valence-corrected chi connectivity index (χ3v) is 5.19. The van der Waals surface area contributed by atoms with Crippen molar-refractivity contribution in [3.63, 3.8) is 0 Å². The lowest BCUT2D eigenvalue weighted by atomic mass is 10.0. The van der Waals surface area contributed by atoms with Crippen molar-refractivity contribution in [3.05, 3.63) is 29.9 Å². The lowest BCUT2D eigenvalue weighted by Crippen LogP contribution is -1.82. The Labute approximate surface area is 176 Å². The molecule has 0 atom stereocenters. The molecule has 0 aliphatic rings. The molecule has 0 spiro atoms. The zero-order valence-corrected chi connectivity index (χ0v) is 18.1. The third kappa shape index (κ3) is 10.9. The second-order valence-electron chi connectivity index (χ2n) is 7.80. The molecule has 0 bridgehead atoms. The largest absolute Gasteiger partial charge is 0.504 e. The van der Waals surface area contributed by atoms with Gasteiger partial charge in [0, 0.05) is 6.07 Å². The highest BCUT2D eigenvalue weighted by Gasteiger charge is 2.14. The van der Waals surface area contributed by atoms with Gasteiger partial charge in [-0.3, -0.25) is 0 Å². The molecule has 4 heteroatoms. The summed E-state index contributed by atoms with van der Waals surface area (Å²) in [7, 11) is 0. The van der Waals surface area contributed by atoms with Gasteiger partial charge in [0.2, 0.25) is 0 Å². The Kier molecular flexibility index (Phi) is 13.6. The molecule has 29 heavy (non-hydrogen) atoms. The average Bonchev–Trinajstić information content (AvgIpc) is 2.71. The van der Waals surface area contributed by atoms with Crippen LogP contribution in [0, 0.1) is 0 Å². The van der Waals surface area contributed by atoms with Crippen molar-refractivity contribution >= 4 is 6.08 Å². The van der Waals surface area contributed by atoms with Gasteiger partial charge in [0.05, 0.1) is 5.56 Å². The van der Waals surface area contributed by atoms with E-state index in [0.29, 0.717) is 0 Å². The second kappa shape index (κ2) is 15.8. The summed E-state index contributed by atoms with van der Waals surface area (Å²) < 4.78 is 0. The van der Waals surface area contributed by atoms with Gasteiger partial charge in [-0.05, 0) is 32.1 Å². The molecule has 4 nitrogen and oxygen atoms in total. The fraction of sp³-hybridized carbons (Fsp3) is 0.600. The summed E-state index contributed by atoms with van der Waals surface area (Å²) in [5, 5.41) is 38.5. The van der Waals surface area contributed by atoms with Gasteiger partial charge in [0.25, 0.3) is 0 Å². The Hall–Kier alpha value is -2.10. The van der Waals surface area contributed by atoms with Crippen LogP contribution in [0.4, 0.5) is 0 Å². The van der Waals surface area contributed by atoms with Gasteiger partial charge >= 0.3 is 0 Å². The monoisotopic (exact) mass is 404 g/mol. The van der Waals surface area contributed by atoms with Gasteiger partial charge in [-0.2, -0.15) is 0 Å². The highest BCUT2D eigenvalue weighted by atomic mass is 16.3. The number of unbranched alkanes of at least 4 members (excludes halogenated alkanes) is 12. The number of phenolic OH excluding ortho intramolecular Hbond substituents is 4. The van der Waals surface area contributed by atoms with Crippen LogP contribution in [0.25, 0.3) is 6.08 Å². The van der Waals surface area contributed by atoms with E-state index in [1.807, 2.05) is 6.08 Å². The summed E-state index contributed by atoms with van der Waals surface area (Å²) in [5.74, 6) is -1.71. The molecule has 1 aromatic carbocycles. The van der Waals surface area contributed by atoms with Gasteiger partial charge in [0.15, 0.2) is 23.0 Å². The van der Waals surface area contributed by atoms with E-state index in [1.54, 1.807) is 6.08 Å². The molecule has 0 saturated heterocycles. The normalized spacial score (nSPS) is 11.8. The number of phenols is 4. The van der Waals surface area contributed by atoms with Crippen LogP contribution in [0.2, 0.25) is 0 Å². The zero-order valence-electron chi connectivity index (χ0n) is 18.1. The maximum atomic E-state index is 9.76. The number of hydrogen-bond acceptors (Lipinski definition) is 4. The minimum atomic E-state index is -0.441. The molecule has 0 aliphatic carbocycles. The molecule has 0 amide bonds. The van der Waals surface area contributed by atoms with Crippen LogP contribution in [-0.4, -0.2) is 20.4 Å². The first-order valence-electron chi connectivity index (χ1n) is 11.4. The lowest BCUT2D eigenvalue weighted by molar-refractivity contribution is 0.371. The summed E-state index contributed by atoms with van der Waals surface area (Å²) in [5.41, 5.74) is 0.0546. The van der Waals surface area contributed by atoms with Crippen molar-refractivity contribution in [2.75, 3.05) is 0 Å². The van der Waals surface area contributed by atoms with E-state index in [-0.39, 0.29) is 5.56 Å². The van der Waals surface area contributed by atoms with E-state index < -0.39 is 23.0 Å². The fourth-order valence-electron chi connectivity index (χ4n) is 3.33. The van der Waals surface area contributed by atoms with Crippen LogP contribution in [-0.2, 0) is 0 Å². The first kappa shape index (κ1) is 24.9. The number of rotatable bonds is 16. The number of benzene rings is 1. The van der Waals surface area contributed by atoms with Crippen molar-refractivity contribution in [2.24, 2.45) is 0 Å². The molecule has 164 valence electrons. The maximum absolute atomic E-state index is 9.76. The Balaban J connectivity index is 1.99. The van der Waals surface area contributed by atoms with Gasteiger partial charge in [-0.25, -0.2) is 0 Å². The fourth-order valence-corrected chi connectivity index (χ4v) is 3.33.